The number of hydrogen-bond donors (Lipinski definition) is 4. The molecule has 0 radical (unpaired) electrons. The van der Waals surface area contributed by atoms with Gasteiger partial charge in [-0.1, -0.05) is 0 Å². The lowest BCUT2D eigenvalue weighted by atomic mass is 10.4. The molecule has 1 aliphatic rings. The molecule has 0 aliphatic carbocycles. The molecule has 4 N–H and O–H groups in total. The lowest BCUT2D eigenvalue weighted by molar-refractivity contribution is -0.138. The van der Waals surface area contributed by atoms with Crippen molar-refractivity contribution in [2.24, 2.45) is 0 Å². The van der Waals surface area contributed by atoms with Gasteiger partial charge in [-0.2, -0.15) is 0 Å². The third-order valence-electron chi connectivity index (χ3n) is 1.45. The van der Waals surface area contributed by atoms with Crippen molar-refractivity contribution in [3.05, 3.63) is 0 Å². The van der Waals surface area contributed by atoms with E-state index < -0.39 is 19.0 Å². The minimum Gasteiger partial charge on any atom is -0.480 e. The van der Waals surface area contributed by atoms with E-state index in [0.29, 0.717) is 0 Å². The third-order valence-corrected chi connectivity index (χ3v) is 5.97. The lowest BCUT2D eigenvalue weighted by Crippen LogP contribution is -2.35. The first-order valence-electron chi connectivity index (χ1n) is 3.55. The van der Waals surface area contributed by atoms with Gasteiger partial charge in [0.1, 0.15) is 6.04 Å². The number of rotatable bonds is 3. The van der Waals surface area contributed by atoms with E-state index in [4.69, 9.17) is 5.11 Å². The molecule has 0 bridgehead atoms. The zero-order chi connectivity index (χ0) is 9.19. The fourth-order valence-corrected chi connectivity index (χ4v) is 5.05. The summed E-state index contributed by atoms with van der Waals surface area (Å²) in [5, 5.41) is 14.1. The molecule has 0 aromatic heterocycles. The minimum absolute atomic E-state index is 0.707. The second-order valence-corrected chi connectivity index (χ2v) is 7.26. The predicted octanol–water partition coefficient (Wildman–Crippen LogP) is 0.0554. The van der Waals surface area contributed by atoms with E-state index in [1.54, 1.807) is 0 Å². The monoisotopic (exact) mass is 211 g/mol. The third kappa shape index (κ3) is 2.57. The summed E-state index contributed by atoms with van der Waals surface area (Å²) in [4.78, 5) is 20.1. The Morgan fingerprint density at radius 1 is 1.83 bits per heavy atom. The van der Waals surface area contributed by atoms with Crippen LogP contribution in [0.25, 0.3) is 0 Å². The van der Waals surface area contributed by atoms with Crippen LogP contribution in [0.3, 0.4) is 0 Å². The molecule has 5 nitrogen and oxygen atoms in total. The average molecular weight is 211 g/mol. The first-order chi connectivity index (χ1) is 5.53. The van der Waals surface area contributed by atoms with Gasteiger partial charge >= 0.3 is 13.0 Å². The number of carboxylic acids is 1. The molecule has 0 aromatic carbocycles. The Balaban J connectivity index is 2.43. The van der Waals surface area contributed by atoms with Gasteiger partial charge < -0.3 is 5.11 Å². The van der Waals surface area contributed by atoms with Gasteiger partial charge in [0.15, 0.2) is 0 Å². The van der Waals surface area contributed by atoms with Crippen LogP contribution in [0.2, 0.25) is 0 Å². The molecular formula is C5H12N2O3PS+. The van der Waals surface area contributed by atoms with E-state index in [1.165, 1.54) is 18.3 Å². The van der Waals surface area contributed by atoms with Crippen LogP contribution in [0.15, 0.2) is 0 Å². The summed E-state index contributed by atoms with van der Waals surface area (Å²) in [5.74, 6) is -0.124. The molecule has 0 spiro atoms. The Morgan fingerprint density at radius 3 is 2.92 bits per heavy atom. The zero-order valence-corrected chi connectivity index (χ0v) is 8.36. The first-order valence-corrected chi connectivity index (χ1v) is 6.89. The number of carbonyl (C=O) groups is 1. The van der Waals surface area contributed by atoms with Gasteiger partial charge in [0, 0.05) is 6.54 Å². The molecule has 0 amide bonds. The molecule has 1 fully saturated rings. The summed E-state index contributed by atoms with van der Waals surface area (Å²) in [7, 11) is 0. The minimum atomic E-state index is -2.39. The molecule has 70 valence electrons. The molecule has 1 unspecified atom stereocenters. The molecule has 1 aliphatic heterocycles. The van der Waals surface area contributed by atoms with E-state index in [-0.39, 0.29) is 0 Å². The van der Waals surface area contributed by atoms with Gasteiger partial charge in [-0.15, -0.1) is 10.2 Å². The summed E-state index contributed by atoms with van der Waals surface area (Å²) in [5.41, 5.74) is 0. The second-order valence-electron chi connectivity index (χ2n) is 2.51. The number of nitrogens with one attached hydrogen (secondary N) is 2. The van der Waals surface area contributed by atoms with E-state index in [0.717, 1.165) is 12.3 Å². The Kier molecular flexibility index (Phi) is 3.31. The summed E-state index contributed by atoms with van der Waals surface area (Å²) in [6.07, 6.45) is 0. The predicted molar refractivity (Wildman–Crippen MR) is 49.8 cm³/mol. The molecule has 0 saturated carbocycles. The molecule has 1 rings (SSSR count). The Bertz CT molecular complexity index is 186. The number of carboxylic acid groups (broad SMARTS) is 1. The normalized spacial score (nSPS) is 31.8. The van der Waals surface area contributed by atoms with Gasteiger partial charge in [0.05, 0.1) is 17.1 Å². The van der Waals surface area contributed by atoms with Gasteiger partial charge in [-0.05, 0) is 6.92 Å². The standard InChI is InChI=1S/C5H11N2O3PS/c1-4(5(8)9)7-11(10)6-2-3-12-11/h4,6-7,10H,2-3H2,1H3/p+1/t4-,11?/m0/s1. The van der Waals surface area contributed by atoms with E-state index >= 15 is 0 Å². The van der Waals surface area contributed by atoms with Crippen molar-refractivity contribution >= 4 is 24.3 Å². The Morgan fingerprint density at radius 2 is 2.50 bits per heavy atom. The fraction of sp³-hybridized carbons (Fsp3) is 0.800. The maximum Gasteiger partial charge on any atom is 0.345 e. The van der Waals surface area contributed by atoms with Crippen molar-refractivity contribution in [3.8, 4) is 0 Å². The Labute approximate surface area is 75.2 Å². The van der Waals surface area contributed by atoms with Gasteiger partial charge in [-0.3, -0.25) is 4.79 Å². The quantitative estimate of drug-likeness (QED) is 0.494. The summed E-state index contributed by atoms with van der Waals surface area (Å²) >= 11 is 1.37. The second kappa shape index (κ2) is 3.89. The fourth-order valence-electron chi connectivity index (χ4n) is 0.821. The highest BCUT2D eigenvalue weighted by Crippen LogP contribution is 2.62. The van der Waals surface area contributed by atoms with E-state index in [1.807, 2.05) is 0 Å². The first kappa shape index (κ1) is 10.2. The van der Waals surface area contributed by atoms with E-state index in [2.05, 4.69) is 10.2 Å². The van der Waals surface area contributed by atoms with Crippen molar-refractivity contribution in [3.63, 3.8) is 0 Å². The van der Waals surface area contributed by atoms with Crippen LogP contribution in [0, 0.1) is 0 Å². The van der Waals surface area contributed by atoms with Crippen LogP contribution in [0.4, 0.5) is 0 Å². The maximum absolute atomic E-state index is 10.4. The summed E-state index contributed by atoms with van der Waals surface area (Å²) < 4.78 is 0. The van der Waals surface area contributed by atoms with Crippen molar-refractivity contribution in [2.45, 2.75) is 13.0 Å². The molecule has 1 saturated heterocycles. The van der Waals surface area contributed by atoms with Crippen molar-refractivity contribution < 1.29 is 14.8 Å². The van der Waals surface area contributed by atoms with Crippen molar-refractivity contribution in [1.82, 2.24) is 10.2 Å². The number of aliphatic carboxylic acids is 1. The molecule has 7 heteroatoms. The van der Waals surface area contributed by atoms with E-state index in [9.17, 15) is 9.69 Å². The molecular weight excluding hydrogens is 199 g/mol. The highest BCUT2D eigenvalue weighted by molar-refractivity contribution is 8.59. The van der Waals surface area contributed by atoms with Crippen LogP contribution in [-0.4, -0.2) is 34.3 Å². The smallest absolute Gasteiger partial charge is 0.345 e. The van der Waals surface area contributed by atoms with Crippen LogP contribution in [-0.2, 0) is 4.79 Å². The van der Waals surface area contributed by atoms with Crippen molar-refractivity contribution in [2.75, 3.05) is 12.3 Å². The topological polar surface area (TPSA) is 81.6 Å². The van der Waals surface area contributed by atoms with Crippen LogP contribution in [0.1, 0.15) is 6.92 Å². The average Bonchev–Trinajstić information content (AvgIpc) is 2.35. The van der Waals surface area contributed by atoms with Crippen LogP contribution in [0.5, 0.6) is 0 Å². The van der Waals surface area contributed by atoms with Crippen LogP contribution >= 0.6 is 18.4 Å². The largest absolute Gasteiger partial charge is 0.480 e. The van der Waals surface area contributed by atoms with Gasteiger partial charge in [-0.25, -0.2) is 4.89 Å². The highest BCUT2D eigenvalue weighted by atomic mass is 32.7. The Hall–Kier alpha value is 0.130. The number of hydrogen-bond acceptors (Lipinski definition) is 5. The molecule has 2 atom stereocenters. The van der Waals surface area contributed by atoms with Crippen LogP contribution < -0.4 is 10.2 Å². The summed E-state index contributed by atoms with van der Waals surface area (Å²) in [6, 6.07) is -0.707. The maximum atomic E-state index is 10.4. The molecule has 12 heavy (non-hydrogen) atoms. The molecule has 1 heterocycles. The zero-order valence-electron chi connectivity index (χ0n) is 6.65. The summed E-state index contributed by atoms with van der Waals surface area (Å²) in [6.45, 7) is -0.149. The SMILES string of the molecule is C[C@H](N[P+]1(O)NCCS1)C(=O)O. The molecule has 0 aromatic rings. The van der Waals surface area contributed by atoms with Gasteiger partial charge in [0.2, 0.25) is 0 Å². The van der Waals surface area contributed by atoms with Gasteiger partial charge in [0.25, 0.3) is 0 Å². The lowest BCUT2D eigenvalue weighted by Gasteiger charge is -2.14. The van der Waals surface area contributed by atoms with Crippen molar-refractivity contribution in [1.29, 1.82) is 0 Å². The highest BCUT2D eigenvalue weighted by Gasteiger charge is 2.44.